The topological polar surface area (TPSA) is 62.2 Å². The summed E-state index contributed by atoms with van der Waals surface area (Å²) >= 11 is 0. The van der Waals surface area contributed by atoms with Crippen LogP contribution in [-0.4, -0.2) is 45.6 Å². The highest BCUT2D eigenvalue weighted by atomic mass is 16.2. The lowest BCUT2D eigenvalue weighted by atomic mass is 9.78. The molecular weight excluding hydrogens is 314 g/mol. The molecule has 2 aromatic rings. The first-order chi connectivity index (χ1) is 12.2. The van der Waals surface area contributed by atoms with E-state index in [1.165, 1.54) is 0 Å². The van der Waals surface area contributed by atoms with Gasteiger partial charge in [-0.15, -0.1) is 5.10 Å². The fourth-order valence-electron chi connectivity index (χ4n) is 4.02. The normalized spacial score (nSPS) is 23.5. The molecule has 6 nitrogen and oxygen atoms in total. The quantitative estimate of drug-likeness (QED) is 0.859. The van der Waals surface area contributed by atoms with Gasteiger partial charge in [-0.2, -0.15) is 5.10 Å². The van der Waals surface area contributed by atoms with Crippen molar-refractivity contribution in [3.8, 4) is 0 Å². The number of hydrogen-bond donors (Lipinski definition) is 0. The van der Waals surface area contributed by atoms with E-state index in [0.29, 0.717) is 6.54 Å². The van der Waals surface area contributed by atoms with Crippen LogP contribution in [0.5, 0.6) is 0 Å². The molecule has 25 heavy (non-hydrogen) atoms. The molecule has 0 unspecified atom stereocenters. The molecular formula is C19H23N5O. The van der Waals surface area contributed by atoms with E-state index in [4.69, 9.17) is 0 Å². The first kappa shape index (κ1) is 16.0. The molecule has 2 aromatic heterocycles. The van der Waals surface area contributed by atoms with E-state index in [9.17, 15) is 4.79 Å². The van der Waals surface area contributed by atoms with Gasteiger partial charge in [0.2, 0.25) is 5.91 Å². The molecule has 4 heterocycles. The Balaban J connectivity index is 1.49. The molecule has 2 aliphatic heterocycles. The van der Waals surface area contributed by atoms with E-state index in [1.807, 2.05) is 36.1 Å². The van der Waals surface area contributed by atoms with Crippen molar-refractivity contribution in [2.75, 3.05) is 24.5 Å². The average molecular weight is 337 g/mol. The number of piperidine rings is 1. The van der Waals surface area contributed by atoms with Gasteiger partial charge in [-0.3, -0.25) is 9.78 Å². The summed E-state index contributed by atoms with van der Waals surface area (Å²) in [4.78, 5) is 21.4. The Morgan fingerprint density at radius 1 is 1.08 bits per heavy atom. The summed E-state index contributed by atoms with van der Waals surface area (Å²) in [7, 11) is 0. The summed E-state index contributed by atoms with van der Waals surface area (Å²) < 4.78 is 0. The van der Waals surface area contributed by atoms with E-state index < -0.39 is 0 Å². The van der Waals surface area contributed by atoms with E-state index in [1.54, 1.807) is 12.4 Å². The smallest absolute Gasteiger partial charge is 0.230 e. The van der Waals surface area contributed by atoms with Crippen LogP contribution in [0.25, 0.3) is 0 Å². The second-order valence-corrected chi connectivity index (χ2v) is 7.17. The van der Waals surface area contributed by atoms with Crippen LogP contribution in [0.3, 0.4) is 0 Å². The van der Waals surface area contributed by atoms with Crippen molar-refractivity contribution in [1.29, 1.82) is 0 Å². The number of amides is 1. The highest BCUT2D eigenvalue weighted by Crippen LogP contribution is 2.41. The molecule has 2 aliphatic rings. The molecule has 0 saturated carbocycles. The van der Waals surface area contributed by atoms with Crippen molar-refractivity contribution in [2.45, 2.75) is 32.7 Å². The van der Waals surface area contributed by atoms with Crippen LogP contribution in [0, 0.1) is 12.3 Å². The molecule has 2 saturated heterocycles. The number of carbonyl (C=O) groups is 1. The summed E-state index contributed by atoms with van der Waals surface area (Å²) in [5, 5.41) is 8.48. The van der Waals surface area contributed by atoms with Crippen LogP contribution < -0.4 is 4.90 Å². The van der Waals surface area contributed by atoms with Gasteiger partial charge < -0.3 is 9.80 Å². The molecule has 6 heteroatoms. The highest BCUT2D eigenvalue weighted by molar-refractivity contribution is 5.85. The molecule has 1 amide bonds. The third kappa shape index (κ3) is 3.08. The number of aromatic nitrogens is 3. The van der Waals surface area contributed by atoms with Gasteiger partial charge in [0.15, 0.2) is 5.82 Å². The zero-order valence-electron chi connectivity index (χ0n) is 14.6. The maximum Gasteiger partial charge on any atom is 0.230 e. The van der Waals surface area contributed by atoms with Crippen molar-refractivity contribution >= 4 is 11.7 Å². The number of pyridine rings is 1. The number of aryl methyl sites for hydroxylation is 1. The highest BCUT2D eigenvalue weighted by Gasteiger charge is 2.48. The standard InChI is InChI=1S/C19H23N5O/c1-15-3-4-17(22-21-15)24-11-2-7-19(14-24)8-12-23(18(19)25)13-16-5-9-20-10-6-16/h3-6,9-10H,2,7-8,11-14H2,1H3/t19-/m1/s1. The second kappa shape index (κ2) is 6.43. The summed E-state index contributed by atoms with van der Waals surface area (Å²) in [5.41, 5.74) is 1.78. The van der Waals surface area contributed by atoms with Gasteiger partial charge >= 0.3 is 0 Å². The zero-order chi connectivity index (χ0) is 17.3. The Kier molecular flexibility index (Phi) is 4.11. The minimum atomic E-state index is -0.266. The van der Waals surface area contributed by atoms with Gasteiger partial charge in [0.1, 0.15) is 0 Å². The minimum absolute atomic E-state index is 0.266. The Bertz CT molecular complexity index is 748. The van der Waals surface area contributed by atoms with Gasteiger partial charge in [0.25, 0.3) is 0 Å². The van der Waals surface area contributed by atoms with Crippen LogP contribution in [-0.2, 0) is 11.3 Å². The lowest BCUT2D eigenvalue weighted by molar-refractivity contribution is -0.137. The molecule has 130 valence electrons. The number of anilines is 1. The Morgan fingerprint density at radius 2 is 1.92 bits per heavy atom. The molecule has 0 N–H and O–H groups in total. The van der Waals surface area contributed by atoms with Crippen molar-refractivity contribution < 1.29 is 4.79 Å². The van der Waals surface area contributed by atoms with Crippen LogP contribution in [0.15, 0.2) is 36.7 Å². The third-order valence-corrected chi connectivity index (χ3v) is 5.41. The summed E-state index contributed by atoms with van der Waals surface area (Å²) in [5.74, 6) is 1.17. The fraction of sp³-hybridized carbons (Fsp3) is 0.474. The molecule has 0 aromatic carbocycles. The maximum absolute atomic E-state index is 13.2. The lowest BCUT2D eigenvalue weighted by Crippen LogP contribution is -2.48. The van der Waals surface area contributed by atoms with E-state index in [0.717, 1.165) is 56.0 Å². The van der Waals surface area contributed by atoms with Crippen molar-refractivity contribution in [3.05, 3.63) is 47.9 Å². The SMILES string of the molecule is Cc1ccc(N2CCC[C@@]3(CCN(Cc4ccncc4)C3=O)C2)nn1. The zero-order valence-corrected chi connectivity index (χ0v) is 14.6. The van der Waals surface area contributed by atoms with Gasteiger partial charge in [0.05, 0.1) is 11.1 Å². The fourth-order valence-corrected chi connectivity index (χ4v) is 4.02. The number of carbonyl (C=O) groups excluding carboxylic acids is 1. The number of rotatable bonds is 3. The Morgan fingerprint density at radius 3 is 2.68 bits per heavy atom. The molecule has 1 atom stereocenters. The van der Waals surface area contributed by atoms with Gasteiger partial charge in [-0.1, -0.05) is 0 Å². The van der Waals surface area contributed by atoms with Crippen LogP contribution in [0.2, 0.25) is 0 Å². The maximum atomic E-state index is 13.2. The summed E-state index contributed by atoms with van der Waals surface area (Å²) in [6, 6.07) is 7.95. The molecule has 0 aliphatic carbocycles. The van der Waals surface area contributed by atoms with Crippen molar-refractivity contribution in [2.24, 2.45) is 5.41 Å². The third-order valence-electron chi connectivity index (χ3n) is 5.41. The second-order valence-electron chi connectivity index (χ2n) is 7.17. The molecule has 0 bridgehead atoms. The van der Waals surface area contributed by atoms with E-state index >= 15 is 0 Å². The minimum Gasteiger partial charge on any atom is -0.354 e. The Hall–Kier alpha value is -2.50. The summed E-state index contributed by atoms with van der Waals surface area (Å²) in [6.07, 6.45) is 6.47. The van der Waals surface area contributed by atoms with Crippen LogP contribution >= 0.6 is 0 Å². The molecule has 4 rings (SSSR count). The largest absolute Gasteiger partial charge is 0.354 e. The predicted octanol–water partition coefficient (Wildman–Crippen LogP) is 2.20. The van der Waals surface area contributed by atoms with E-state index in [-0.39, 0.29) is 11.3 Å². The molecule has 2 fully saturated rings. The lowest BCUT2D eigenvalue weighted by Gasteiger charge is -2.39. The number of likely N-dealkylation sites (tertiary alicyclic amines) is 1. The van der Waals surface area contributed by atoms with Crippen LogP contribution in [0.4, 0.5) is 5.82 Å². The predicted molar refractivity (Wildman–Crippen MR) is 94.9 cm³/mol. The van der Waals surface area contributed by atoms with Crippen molar-refractivity contribution in [3.63, 3.8) is 0 Å². The van der Waals surface area contributed by atoms with E-state index in [2.05, 4.69) is 20.1 Å². The average Bonchev–Trinajstić information content (AvgIpc) is 2.93. The molecule has 0 radical (unpaired) electrons. The van der Waals surface area contributed by atoms with Gasteiger partial charge in [0, 0.05) is 38.6 Å². The monoisotopic (exact) mass is 337 g/mol. The molecule has 1 spiro atoms. The van der Waals surface area contributed by atoms with Crippen molar-refractivity contribution in [1.82, 2.24) is 20.1 Å². The first-order valence-corrected chi connectivity index (χ1v) is 8.90. The number of nitrogens with zero attached hydrogens (tertiary/aromatic N) is 5. The first-order valence-electron chi connectivity index (χ1n) is 8.90. The number of hydrogen-bond acceptors (Lipinski definition) is 5. The van der Waals surface area contributed by atoms with Gasteiger partial charge in [-0.05, 0) is 56.0 Å². The van der Waals surface area contributed by atoms with Gasteiger partial charge in [-0.25, -0.2) is 0 Å². The summed E-state index contributed by atoms with van der Waals surface area (Å²) in [6.45, 7) is 5.13. The Labute approximate surface area is 147 Å². The van der Waals surface area contributed by atoms with Crippen LogP contribution in [0.1, 0.15) is 30.5 Å².